The average molecular weight is 446 g/mol. The summed E-state index contributed by atoms with van der Waals surface area (Å²) >= 11 is 0. The Hall–Kier alpha value is -2.31. The minimum atomic E-state index is -3.27. The lowest BCUT2D eigenvalue weighted by Gasteiger charge is -2.37. The summed E-state index contributed by atoms with van der Waals surface area (Å²) in [5.74, 6) is -3.92. The summed E-state index contributed by atoms with van der Waals surface area (Å²) < 4.78 is 37.9. The van der Waals surface area contributed by atoms with Gasteiger partial charge in [-0.15, -0.1) is 0 Å². The van der Waals surface area contributed by atoms with Gasteiger partial charge in [-0.2, -0.15) is 8.78 Å². The molecule has 0 aliphatic carbocycles. The monoisotopic (exact) mass is 445 g/mol. The summed E-state index contributed by atoms with van der Waals surface area (Å²) in [6, 6.07) is 16.1. The fourth-order valence-electron chi connectivity index (χ4n) is 3.87. The van der Waals surface area contributed by atoms with Crippen LogP contribution in [0, 0.1) is 0 Å². The number of rotatable bonds is 11. The molecule has 2 aromatic rings. The Balaban J connectivity index is 2.55. The molecule has 2 aromatic carbocycles. The molecule has 0 fully saturated rings. The summed E-state index contributed by atoms with van der Waals surface area (Å²) in [4.78, 5) is 11.7. The van der Waals surface area contributed by atoms with Crippen LogP contribution in [0.2, 0.25) is 18.1 Å². The number of alkyl halides is 2. The van der Waals surface area contributed by atoms with Gasteiger partial charge in [0.25, 0.3) is 5.92 Å². The van der Waals surface area contributed by atoms with Crippen LogP contribution in [-0.2, 0) is 10.8 Å². The van der Waals surface area contributed by atoms with E-state index in [0.29, 0.717) is 17.5 Å². The molecule has 0 saturated carbocycles. The first kappa shape index (κ1) is 25.0. The molecule has 0 aliphatic rings. The van der Waals surface area contributed by atoms with Gasteiger partial charge >= 0.3 is 0 Å². The highest BCUT2D eigenvalue weighted by molar-refractivity contribution is 6.73. The Kier molecular flexibility index (Phi) is 8.71. The number of halogens is 2. The molecular weight excluding hydrogens is 412 g/mol. The lowest BCUT2D eigenvalue weighted by atomic mass is 9.95. The summed E-state index contributed by atoms with van der Waals surface area (Å²) in [7, 11) is -2.33. The minimum Gasteiger partial charge on any atom is -0.404 e. The first-order valence-corrected chi connectivity index (χ1v) is 13.5. The first-order valence-electron chi connectivity index (χ1n) is 10.9. The quantitative estimate of drug-likeness (QED) is 0.389. The third-order valence-corrected chi connectivity index (χ3v) is 10.7. The van der Waals surface area contributed by atoms with Crippen molar-refractivity contribution in [2.75, 3.05) is 0 Å². The molecule has 6 heteroatoms. The van der Waals surface area contributed by atoms with Crippen LogP contribution < -0.4 is 5.73 Å². The third kappa shape index (κ3) is 5.89. The van der Waals surface area contributed by atoms with E-state index in [1.54, 1.807) is 30.3 Å². The van der Waals surface area contributed by atoms with E-state index in [1.807, 2.05) is 39.8 Å². The summed E-state index contributed by atoms with van der Waals surface area (Å²) in [5.41, 5.74) is 7.35. The lowest BCUT2D eigenvalue weighted by molar-refractivity contribution is -0.0630. The molecule has 1 amide bonds. The number of benzene rings is 2. The van der Waals surface area contributed by atoms with Crippen molar-refractivity contribution in [1.29, 1.82) is 0 Å². The molecule has 0 aromatic heterocycles. The highest BCUT2D eigenvalue weighted by Crippen LogP contribution is 2.42. The molecule has 2 rings (SSSR count). The van der Waals surface area contributed by atoms with E-state index >= 15 is 8.78 Å². The van der Waals surface area contributed by atoms with Gasteiger partial charge in [0, 0.05) is 5.56 Å². The highest BCUT2D eigenvalue weighted by Gasteiger charge is 2.45. The van der Waals surface area contributed by atoms with Crippen molar-refractivity contribution in [2.24, 2.45) is 5.73 Å². The zero-order chi connectivity index (χ0) is 23.1. The zero-order valence-corrected chi connectivity index (χ0v) is 19.8. The van der Waals surface area contributed by atoms with Crippen LogP contribution in [0.5, 0.6) is 0 Å². The predicted molar refractivity (Wildman–Crippen MR) is 126 cm³/mol. The van der Waals surface area contributed by atoms with Gasteiger partial charge in [0.05, 0.1) is 0 Å². The van der Waals surface area contributed by atoms with Gasteiger partial charge in [-0.3, -0.25) is 4.79 Å². The number of amides is 1. The predicted octanol–water partition coefficient (Wildman–Crippen LogP) is 6.76. The van der Waals surface area contributed by atoms with Gasteiger partial charge < -0.3 is 10.2 Å². The number of primary amides is 1. The maximum atomic E-state index is 15.7. The normalized spacial score (nSPS) is 13.5. The van der Waals surface area contributed by atoms with E-state index < -0.39 is 26.3 Å². The number of aryl methyl sites for hydroxylation is 1. The molecule has 0 saturated heterocycles. The van der Waals surface area contributed by atoms with Crippen molar-refractivity contribution in [3.05, 3.63) is 76.9 Å². The van der Waals surface area contributed by atoms with Gasteiger partial charge in [0.15, 0.2) is 8.32 Å². The zero-order valence-electron chi connectivity index (χ0n) is 18.8. The largest absolute Gasteiger partial charge is 0.404 e. The van der Waals surface area contributed by atoms with Crippen LogP contribution in [0.1, 0.15) is 60.8 Å². The number of hydrogen-bond donors (Lipinski definition) is 1. The van der Waals surface area contributed by atoms with Crippen LogP contribution in [0.25, 0.3) is 6.08 Å². The highest BCUT2D eigenvalue weighted by atomic mass is 28.4. The first-order chi connectivity index (χ1) is 14.7. The van der Waals surface area contributed by atoms with Crippen molar-refractivity contribution < 1.29 is 18.0 Å². The van der Waals surface area contributed by atoms with Crippen molar-refractivity contribution >= 4 is 20.3 Å². The molecule has 0 bridgehead atoms. The molecule has 3 nitrogen and oxygen atoms in total. The Morgan fingerprint density at radius 2 is 1.61 bits per heavy atom. The summed E-state index contributed by atoms with van der Waals surface area (Å²) in [5, 5.41) is 0. The van der Waals surface area contributed by atoms with E-state index in [0.717, 1.165) is 29.8 Å². The van der Waals surface area contributed by atoms with Crippen molar-refractivity contribution in [3.8, 4) is 0 Å². The number of carbonyl (C=O) groups excluding carboxylic acids is 1. The second-order valence-electron chi connectivity index (χ2n) is 7.75. The molecule has 0 spiro atoms. The third-order valence-electron chi connectivity index (χ3n) is 6.08. The second-order valence-corrected chi connectivity index (χ2v) is 12.5. The number of nitrogens with two attached hydrogens (primary N) is 1. The van der Waals surface area contributed by atoms with Gasteiger partial charge in [0.1, 0.15) is 6.10 Å². The molecule has 0 heterocycles. The number of hydrogen-bond acceptors (Lipinski definition) is 2. The van der Waals surface area contributed by atoms with E-state index in [9.17, 15) is 4.79 Å². The second kappa shape index (κ2) is 10.8. The fraction of sp³-hybridized carbons (Fsp3) is 0.400. The van der Waals surface area contributed by atoms with Crippen LogP contribution in [0.15, 0.2) is 54.6 Å². The molecule has 0 aliphatic heterocycles. The van der Waals surface area contributed by atoms with E-state index in [2.05, 4.69) is 0 Å². The standard InChI is InChI=1S/C25H33F2NO2Si/c1-5-19-13-9-11-15-21(19)23(30-31(6-2,7-3)8-4)25(26,27)18-17-20-14-10-12-16-22(20)24(28)29/h9-18,23H,5-8H2,1-4H3,(H2,28,29). The topological polar surface area (TPSA) is 52.3 Å². The van der Waals surface area contributed by atoms with E-state index in [1.165, 1.54) is 12.1 Å². The van der Waals surface area contributed by atoms with Gasteiger partial charge in [-0.1, -0.05) is 76.2 Å². The smallest absolute Gasteiger partial charge is 0.295 e. The molecule has 31 heavy (non-hydrogen) atoms. The molecule has 168 valence electrons. The average Bonchev–Trinajstić information content (AvgIpc) is 2.79. The maximum Gasteiger partial charge on any atom is 0.295 e. The van der Waals surface area contributed by atoms with Gasteiger partial charge in [-0.05, 0) is 53.4 Å². The van der Waals surface area contributed by atoms with Crippen LogP contribution >= 0.6 is 0 Å². The maximum absolute atomic E-state index is 15.7. The van der Waals surface area contributed by atoms with Crippen molar-refractivity contribution in [2.45, 2.75) is 64.3 Å². The Morgan fingerprint density at radius 1 is 1.03 bits per heavy atom. The van der Waals surface area contributed by atoms with E-state index in [4.69, 9.17) is 10.2 Å². The Bertz CT molecular complexity index is 902. The van der Waals surface area contributed by atoms with Crippen LogP contribution in [-0.4, -0.2) is 20.1 Å². The Labute approximate surface area is 185 Å². The SMILES string of the molecule is CCc1ccccc1C(O[Si](CC)(CC)CC)C(F)(F)C=Cc1ccccc1C(N)=O. The Morgan fingerprint density at radius 3 is 2.19 bits per heavy atom. The molecule has 0 radical (unpaired) electrons. The molecule has 1 atom stereocenters. The van der Waals surface area contributed by atoms with Crippen LogP contribution in [0.3, 0.4) is 0 Å². The lowest BCUT2D eigenvalue weighted by Crippen LogP contribution is -2.42. The summed E-state index contributed by atoms with van der Waals surface area (Å²) in [6.07, 6.45) is 1.38. The van der Waals surface area contributed by atoms with Gasteiger partial charge in [-0.25, -0.2) is 0 Å². The molecular formula is C25H33F2NO2Si. The summed E-state index contributed by atoms with van der Waals surface area (Å²) in [6.45, 7) is 8.04. The minimum absolute atomic E-state index is 0.209. The number of carbonyl (C=O) groups is 1. The van der Waals surface area contributed by atoms with Crippen LogP contribution in [0.4, 0.5) is 8.78 Å². The molecule has 2 N–H and O–H groups in total. The van der Waals surface area contributed by atoms with Crippen molar-refractivity contribution in [1.82, 2.24) is 0 Å². The van der Waals surface area contributed by atoms with Gasteiger partial charge in [0.2, 0.25) is 5.91 Å². The fourth-order valence-corrected chi connectivity index (χ4v) is 6.65. The van der Waals surface area contributed by atoms with E-state index in [-0.39, 0.29) is 5.56 Å². The van der Waals surface area contributed by atoms with Crippen molar-refractivity contribution in [3.63, 3.8) is 0 Å². The molecule has 1 unspecified atom stereocenters.